The fourth-order valence-electron chi connectivity index (χ4n) is 1.45. The summed E-state index contributed by atoms with van der Waals surface area (Å²) in [6.45, 7) is 3.30. The predicted molar refractivity (Wildman–Crippen MR) is 73.9 cm³/mol. The van der Waals surface area contributed by atoms with Gasteiger partial charge < -0.3 is 9.47 Å². The van der Waals surface area contributed by atoms with Crippen LogP contribution in [0.5, 0.6) is 0 Å². The van der Waals surface area contributed by atoms with Crippen LogP contribution in [0, 0.1) is 0 Å². The molecule has 1 aromatic rings. The van der Waals surface area contributed by atoms with E-state index < -0.39 is 27.0 Å². The van der Waals surface area contributed by atoms with Crippen molar-refractivity contribution in [1.29, 1.82) is 0 Å². The largest absolute Gasteiger partial charge is 0.462 e. The molecule has 0 heterocycles. The van der Waals surface area contributed by atoms with Crippen molar-refractivity contribution >= 4 is 73.4 Å². The van der Waals surface area contributed by atoms with Gasteiger partial charge in [-0.3, -0.25) is 4.55 Å². The van der Waals surface area contributed by atoms with E-state index in [1.807, 2.05) is 0 Å². The summed E-state index contributed by atoms with van der Waals surface area (Å²) >= 11 is 0. The first-order chi connectivity index (χ1) is 9.31. The maximum Gasteiger partial charge on any atom is 0.339 e. The number of carbonyl (C=O) groups excluding carboxylic acids is 2. The molecule has 0 saturated carbocycles. The van der Waals surface area contributed by atoms with Gasteiger partial charge in [-0.25, -0.2) is 9.59 Å². The van der Waals surface area contributed by atoms with Crippen LogP contribution in [0.4, 0.5) is 0 Å². The summed E-state index contributed by atoms with van der Waals surface area (Å²) in [6, 6.07) is 3.19. The predicted octanol–water partition coefficient (Wildman–Crippen LogP) is 0.906. The molecule has 1 N–H and O–H groups in total. The first-order valence-corrected chi connectivity index (χ1v) is 7.21. The van der Waals surface area contributed by atoms with Gasteiger partial charge in [-0.2, -0.15) is 8.42 Å². The van der Waals surface area contributed by atoms with Crippen molar-refractivity contribution in [3.8, 4) is 0 Å². The van der Waals surface area contributed by atoms with E-state index in [9.17, 15) is 18.0 Å². The van der Waals surface area contributed by atoms with Crippen molar-refractivity contribution in [2.45, 2.75) is 18.7 Å². The molecule has 1 aromatic carbocycles. The maximum absolute atomic E-state index is 11.6. The Hall–Kier alpha value is -0.294. The molecule has 0 bridgehead atoms. The molecule has 21 heavy (non-hydrogen) atoms. The summed E-state index contributed by atoms with van der Waals surface area (Å²) in [7, 11) is -4.68. The third-order valence-electron chi connectivity index (χ3n) is 2.27. The standard InChI is InChI=1S/C12H14O7S.K/c1-3-18-11(13)8-5-6-9(12(14)19-4-2)10(7-8)20(15,16)17;/h5-7H,3-4H2,1-2H3,(H,15,16,17);. The van der Waals surface area contributed by atoms with Crippen molar-refractivity contribution in [3.63, 3.8) is 0 Å². The summed E-state index contributed by atoms with van der Waals surface area (Å²) in [5, 5.41) is 0. The monoisotopic (exact) mass is 341 g/mol. The molecule has 0 spiro atoms. The minimum absolute atomic E-state index is 0. The molecule has 0 saturated heterocycles. The van der Waals surface area contributed by atoms with E-state index in [2.05, 4.69) is 4.74 Å². The molecule has 0 aliphatic rings. The maximum atomic E-state index is 11.6. The Bertz CT molecular complexity index is 624. The summed E-state index contributed by atoms with van der Waals surface area (Å²) in [4.78, 5) is 22.4. The van der Waals surface area contributed by atoms with Crippen LogP contribution < -0.4 is 0 Å². The van der Waals surface area contributed by atoms with Gasteiger partial charge in [0.05, 0.1) is 24.3 Å². The van der Waals surface area contributed by atoms with E-state index in [-0.39, 0.29) is 75.7 Å². The van der Waals surface area contributed by atoms with Crippen LogP contribution in [-0.2, 0) is 19.6 Å². The second kappa shape index (κ2) is 8.98. The van der Waals surface area contributed by atoms with Gasteiger partial charge in [-0.1, -0.05) is 0 Å². The van der Waals surface area contributed by atoms with Crippen LogP contribution in [0.25, 0.3) is 0 Å². The zero-order valence-corrected chi connectivity index (χ0v) is 15.9. The van der Waals surface area contributed by atoms with Crippen molar-refractivity contribution in [2.75, 3.05) is 13.2 Å². The Balaban J connectivity index is 0.00000400. The van der Waals surface area contributed by atoms with E-state index in [1.165, 1.54) is 6.07 Å². The van der Waals surface area contributed by atoms with Gasteiger partial charge in [0.2, 0.25) is 0 Å². The molecule has 0 fully saturated rings. The fourth-order valence-corrected chi connectivity index (χ4v) is 2.16. The number of ether oxygens (including phenoxy) is 2. The Labute approximate surface area is 165 Å². The number of rotatable bonds is 5. The third-order valence-corrected chi connectivity index (χ3v) is 3.16. The zero-order chi connectivity index (χ0) is 15.3. The van der Waals surface area contributed by atoms with E-state index >= 15 is 0 Å². The quantitative estimate of drug-likeness (QED) is 0.482. The Morgan fingerprint density at radius 3 is 2.10 bits per heavy atom. The van der Waals surface area contributed by atoms with Gasteiger partial charge in [0.1, 0.15) is 4.90 Å². The van der Waals surface area contributed by atoms with Crippen LogP contribution in [0.1, 0.15) is 34.6 Å². The van der Waals surface area contributed by atoms with Gasteiger partial charge in [0.15, 0.2) is 0 Å². The molecule has 0 amide bonds. The first-order valence-electron chi connectivity index (χ1n) is 5.77. The Morgan fingerprint density at radius 1 is 1.10 bits per heavy atom. The summed E-state index contributed by atoms with van der Waals surface area (Å²) < 4.78 is 41.1. The molecule has 9 heteroatoms. The molecule has 0 atom stereocenters. The molecule has 1 rings (SSSR count). The van der Waals surface area contributed by atoms with Crippen molar-refractivity contribution in [2.24, 2.45) is 0 Å². The number of hydrogen-bond acceptors (Lipinski definition) is 6. The molecule has 0 aliphatic carbocycles. The van der Waals surface area contributed by atoms with Crippen molar-refractivity contribution in [1.82, 2.24) is 0 Å². The average Bonchev–Trinajstić information content (AvgIpc) is 2.37. The summed E-state index contributed by atoms with van der Waals surface area (Å²) in [5.74, 6) is -1.66. The molecular formula is C12H14KO7S. The van der Waals surface area contributed by atoms with Crippen molar-refractivity contribution in [3.05, 3.63) is 29.3 Å². The number of benzene rings is 1. The normalized spacial score (nSPS) is 10.4. The topological polar surface area (TPSA) is 107 Å². The smallest absolute Gasteiger partial charge is 0.339 e. The van der Waals surface area contributed by atoms with E-state index in [0.717, 1.165) is 12.1 Å². The number of esters is 2. The number of carbonyl (C=O) groups is 2. The van der Waals surface area contributed by atoms with Gasteiger partial charge in [0, 0.05) is 51.4 Å². The van der Waals surface area contributed by atoms with E-state index in [4.69, 9.17) is 9.29 Å². The zero-order valence-electron chi connectivity index (χ0n) is 12.0. The SMILES string of the molecule is CCOC(=O)c1ccc(C(=O)OCC)c(S(=O)(=O)O)c1.[K]. The van der Waals surface area contributed by atoms with E-state index in [0.29, 0.717) is 0 Å². The van der Waals surface area contributed by atoms with Crippen LogP contribution in [0.3, 0.4) is 0 Å². The second-order valence-electron chi connectivity index (χ2n) is 3.63. The van der Waals surface area contributed by atoms with Crippen LogP contribution in [0.2, 0.25) is 0 Å². The minimum Gasteiger partial charge on any atom is -0.462 e. The average molecular weight is 341 g/mol. The van der Waals surface area contributed by atoms with Gasteiger partial charge in [-0.05, 0) is 32.0 Å². The van der Waals surface area contributed by atoms with Crippen LogP contribution in [-0.4, -0.2) is 89.5 Å². The first kappa shape index (κ1) is 20.7. The molecular weight excluding hydrogens is 327 g/mol. The molecule has 1 radical (unpaired) electrons. The second-order valence-corrected chi connectivity index (χ2v) is 5.02. The molecule has 0 aliphatic heterocycles. The summed E-state index contributed by atoms with van der Waals surface area (Å²) in [5.41, 5.74) is -0.435. The van der Waals surface area contributed by atoms with Gasteiger partial charge in [0.25, 0.3) is 10.1 Å². The summed E-state index contributed by atoms with van der Waals surface area (Å²) in [6.07, 6.45) is 0. The van der Waals surface area contributed by atoms with Gasteiger partial charge >= 0.3 is 11.9 Å². The fraction of sp³-hybridized carbons (Fsp3) is 0.333. The number of hydrogen-bond donors (Lipinski definition) is 1. The van der Waals surface area contributed by atoms with Crippen LogP contribution in [0.15, 0.2) is 23.1 Å². The Kier molecular flexibility index (Phi) is 8.86. The third kappa shape index (κ3) is 5.78. The molecule has 111 valence electrons. The Morgan fingerprint density at radius 2 is 1.62 bits per heavy atom. The molecule has 0 aromatic heterocycles. The molecule has 7 nitrogen and oxygen atoms in total. The van der Waals surface area contributed by atoms with E-state index in [1.54, 1.807) is 13.8 Å². The van der Waals surface area contributed by atoms with Crippen molar-refractivity contribution < 1.29 is 32.0 Å². The van der Waals surface area contributed by atoms with Crippen LogP contribution >= 0.6 is 0 Å². The molecule has 0 unspecified atom stereocenters. The van der Waals surface area contributed by atoms with Gasteiger partial charge in [-0.15, -0.1) is 0 Å². The minimum atomic E-state index is -4.68.